The van der Waals surface area contributed by atoms with Crippen LogP contribution in [0.5, 0.6) is 5.88 Å². The summed E-state index contributed by atoms with van der Waals surface area (Å²) in [6.07, 6.45) is 2.30. The molecule has 7 heteroatoms. The smallest absolute Gasteiger partial charge is 0.239 e. The van der Waals surface area contributed by atoms with Gasteiger partial charge >= 0.3 is 0 Å². The van der Waals surface area contributed by atoms with Crippen LogP contribution >= 0.6 is 12.2 Å². The molecule has 0 aromatic carbocycles. The van der Waals surface area contributed by atoms with Crippen molar-refractivity contribution in [3.63, 3.8) is 0 Å². The summed E-state index contributed by atoms with van der Waals surface area (Å²) in [6, 6.07) is 1.68. The summed E-state index contributed by atoms with van der Waals surface area (Å²) in [5.41, 5.74) is 5.65. The van der Waals surface area contributed by atoms with Gasteiger partial charge in [0.2, 0.25) is 17.7 Å². The summed E-state index contributed by atoms with van der Waals surface area (Å²) < 4.78 is 5.04. The average Bonchev–Trinajstić information content (AvgIpc) is 2.25. The molecule has 0 bridgehead atoms. The first-order valence-electron chi connectivity index (χ1n) is 5.99. The zero-order valence-electron chi connectivity index (χ0n) is 10.9. The summed E-state index contributed by atoms with van der Waals surface area (Å²) in [7, 11) is 1.51. The summed E-state index contributed by atoms with van der Waals surface area (Å²) in [4.78, 5) is 20.7. The minimum Gasteiger partial charge on any atom is -0.481 e. The number of carbonyl (C=O) groups is 1. The summed E-state index contributed by atoms with van der Waals surface area (Å²) in [6.45, 7) is 1.80. The van der Waals surface area contributed by atoms with Gasteiger partial charge in [-0.2, -0.15) is 4.98 Å². The highest BCUT2D eigenvalue weighted by molar-refractivity contribution is 7.80. The van der Waals surface area contributed by atoms with Gasteiger partial charge in [-0.3, -0.25) is 10.1 Å². The fourth-order valence-electron chi connectivity index (χ4n) is 2.04. The van der Waals surface area contributed by atoms with E-state index in [1.54, 1.807) is 13.0 Å². The van der Waals surface area contributed by atoms with Crippen molar-refractivity contribution in [3.8, 4) is 5.88 Å². The van der Waals surface area contributed by atoms with E-state index >= 15 is 0 Å². The predicted octanol–water partition coefficient (Wildman–Crippen LogP) is 1.19. The molecular formula is C12H16N4O2S. The van der Waals surface area contributed by atoms with Gasteiger partial charge in [0.1, 0.15) is 0 Å². The van der Waals surface area contributed by atoms with E-state index in [0.29, 0.717) is 24.4 Å². The first-order chi connectivity index (χ1) is 8.98. The van der Waals surface area contributed by atoms with Crippen LogP contribution in [0.25, 0.3) is 0 Å². The summed E-state index contributed by atoms with van der Waals surface area (Å²) >= 11 is 5.00. The molecule has 102 valence electrons. The van der Waals surface area contributed by atoms with Crippen molar-refractivity contribution in [3.05, 3.63) is 11.8 Å². The number of nitrogens with zero attached hydrogens (tertiary/aromatic N) is 2. The zero-order valence-corrected chi connectivity index (χ0v) is 11.7. The highest BCUT2D eigenvalue weighted by atomic mass is 32.1. The molecule has 0 saturated heterocycles. The van der Waals surface area contributed by atoms with E-state index < -0.39 is 5.41 Å². The number of amides is 1. The molecule has 2 rings (SSSR count). The molecule has 1 aliphatic carbocycles. The Kier molecular flexibility index (Phi) is 3.66. The van der Waals surface area contributed by atoms with E-state index in [1.165, 1.54) is 7.11 Å². The number of anilines is 1. The Bertz CT molecular complexity index is 528. The van der Waals surface area contributed by atoms with Crippen molar-refractivity contribution in [2.45, 2.75) is 26.2 Å². The van der Waals surface area contributed by atoms with Crippen LogP contribution in [0.15, 0.2) is 6.07 Å². The maximum atomic E-state index is 12.3. The Morgan fingerprint density at radius 1 is 1.53 bits per heavy atom. The van der Waals surface area contributed by atoms with E-state index in [4.69, 9.17) is 22.7 Å². The van der Waals surface area contributed by atoms with Crippen LogP contribution < -0.4 is 15.8 Å². The number of methoxy groups -OCH3 is 1. The van der Waals surface area contributed by atoms with E-state index in [9.17, 15) is 4.79 Å². The third kappa shape index (κ3) is 2.51. The normalized spacial score (nSPS) is 16.3. The van der Waals surface area contributed by atoms with Gasteiger partial charge in [0, 0.05) is 11.8 Å². The van der Waals surface area contributed by atoms with Crippen LogP contribution in [0.4, 0.5) is 5.95 Å². The van der Waals surface area contributed by atoms with Crippen LogP contribution in [0.2, 0.25) is 0 Å². The Balaban J connectivity index is 2.19. The molecule has 0 spiro atoms. The van der Waals surface area contributed by atoms with Crippen LogP contribution in [0.1, 0.15) is 25.0 Å². The van der Waals surface area contributed by atoms with Crippen LogP contribution in [0, 0.1) is 12.3 Å². The maximum absolute atomic E-state index is 12.3. The molecule has 1 aromatic heterocycles. The van der Waals surface area contributed by atoms with Crippen molar-refractivity contribution >= 4 is 29.1 Å². The molecule has 0 radical (unpaired) electrons. The molecule has 19 heavy (non-hydrogen) atoms. The number of thiocarbonyl (C=S) groups is 1. The zero-order chi connectivity index (χ0) is 14.0. The average molecular weight is 280 g/mol. The topological polar surface area (TPSA) is 90.1 Å². The molecule has 0 atom stereocenters. The molecule has 1 amide bonds. The molecule has 6 nitrogen and oxygen atoms in total. The number of carbonyl (C=O) groups excluding carboxylic acids is 1. The lowest BCUT2D eigenvalue weighted by molar-refractivity contribution is -0.125. The molecule has 0 unspecified atom stereocenters. The van der Waals surface area contributed by atoms with Gasteiger partial charge in [-0.15, -0.1) is 0 Å². The maximum Gasteiger partial charge on any atom is 0.239 e. The minimum absolute atomic E-state index is 0.212. The lowest BCUT2D eigenvalue weighted by Crippen LogP contribution is -2.50. The van der Waals surface area contributed by atoms with Gasteiger partial charge in [0.25, 0.3) is 0 Å². The fourth-order valence-corrected chi connectivity index (χ4v) is 2.33. The monoisotopic (exact) mass is 280 g/mol. The number of nitrogens with one attached hydrogen (secondary N) is 1. The van der Waals surface area contributed by atoms with Crippen molar-refractivity contribution in [1.82, 2.24) is 9.97 Å². The Hall–Kier alpha value is -1.76. The van der Waals surface area contributed by atoms with Gasteiger partial charge in [-0.1, -0.05) is 18.6 Å². The first-order valence-corrected chi connectivity index (χ1v) is 6.40. The van der Waals surface area contributed by atoms with E-state index in [-0.39, 0.29) is 16.8 Å². The van der Waals surface area contributed by atoms with E-state index in [1.807, 2.05) is 0 Å². The Morgan fingerprint density at radius 2 is 2.21 bits per heavy atom. The highest BCUT2D eigenvalue weighted by Gasteiger charge is 2.47. The standard InChI is InChI=1S/C12H16N4O2S/c1-7-6-8(18-2)15-11(14-7)16-10(17)12(9(13)19)4-3-5-12/h6H,3-5H2,1-2H3,(H2,13,19)(H,14,15,16,17). The highest BCUT2D eigenvalue weighted by Crippen LogP contribution is 2.42. The van der Waals surface area contributed by atoms with Gasteiger partial charge in [0.05, 0.1) is 17.5 Å². The molecule has 1 saturated carbocycles. The summed E-state index contributed by atoms with van der Waals surface area (Å²) in [5.74, 6) is 0.379. The van der Waals surface area contributed by atoms with Gasteiger partial charge in [-0.25, -0.2) is 4.98 Å². The van der Waals surface area contributed by atoms with Gasteiger partial charge in [0.15, 0.2) is 0 Å². The van der Waals surface area contributed by atoms with Crippen molar-refractivity contribution in [1.29, 1.82) is 0 Å². The molecule has 1 aliphatic rings. The molecular weight excluding hydrogens is 264 g/mol. The number of aryl methyl sites for hydroxylation is 1. The third-order valence-electron chi connectivity index (χ3n) is 3.38. The second-order valence-corrected chi connectivity index (χ2v) is 5.07. The predicted molar refractivity (Wildman–Crippen MR) is 75.0 cm³/mol. The number of hydrogen-bond donors (Lipinski definition) is 2. The first kappa shape index (κ1) is 13.7. The quantitative estimate of drug-likeness (QED) is 0.805. The van der Waals surface area contributed by atoms with Crippen LogP contribution in [-0.2, 0) is 4.79 Å². The fraction of sp³-hybridized carbons (Fsp3) is 0.500. The van der Waals surface area contributed by atoms with Crippen LogP contribution in [-0.4, -0.2) is 28.0 Å². The van der Waals surface area contributed by atoms with E-state index in [2.05, 4.69) is 15.3 Å². The van der Waals surface area contributed by atoms with Gasteiger partial charge in [-0.05, 0) is 19.8 Å². The lowest BCUT2D eigenvalue weighted by atomic mass is 9.68. The van der Waals surface area contributed by atoms with Crippen molar-refractivity contribution in [2.24, 2.45) is 11.1 Å². The second-order valence-electron chi connectivity index (χ2n) is 4.63. The van der Waals surface area contributed by atoms with Crippen molar-refractivity contribution < 1.29 is 9.53 Å². The SMILES string of the molecule is COc1cc(C)nc(NC(=O)C2(C(N)=S)CCC2)n1. The Morgan fingerprint density at radius 3 is 2.68 bits per heavy atom. The Labute approximate surface area is 116 Å². The van der Waals surface area contributed by atoms with Crippen LogP contribution in [0.3, 0.4) is 0 Å². The molecule has 3 N–H and O–H groups in total. The molecule has 1 aromatic rings. The van der Waals surface area contributed by atoms with Crippen molar-refractivity contribution in [2.75, 3.05) is 12.4 Å². The van der Waals surface area contributed by atoms with Gasteiger partial charge < -0.3 is 10.5 Å². The molecule has 0 aliphatic heterocycles. The largest absolute Gasteiger partial charge is 0.481 e. The third-order valence-corrected chi connectivity index (χ3v) is 3.77. The second kappa shape index (κ2) is 5.08. The molecule has 1 fully saturated rings. The number of ether oxygens (including phenoxy) is 1. The molecule has 1 heterocycles. The van der Waals surface area contributed by atoms with E-state index in [0.717, 1.165) is 6.42 Å². The minimum atomic E-state index is -0.740. The summed E-state index contributed by atoms with van der Waals surface area (Å²) in [5, 5.41) is 2.67. The lowest BCUT2D eigenvalue weighted by Gasteiger charge is -2.38. The number of aromatic nitrogens is 2. The number of rotatable bonds is 4. The number of hydrogen-bond acceptors (Lipinski definition) is 5. The number of nitrogens with two attached hydrogens (primary N) is 1.